The number of carbonyl (C=O) groups is 1. The molecule has 0 spiro atoms. The van der Waals surface area contributed by atoms with Gasteiger partial charge in [-0.25, -0.2) is 4.99 Å². The van der Waals surface area contributed by atoms with Gasteiger partial charge in [-0.15, -0.1) is 24.0 Å². The fourth-order valence-electron chi connectivity index (χ4n) is 2.79. The Bertz CT molecular complexity index is 1020. The van der Waals surface area contributed by atoms with Crippen LogP contribution in [0.2, 0.25) is 0 Å². The van der Waals surface area contributed by atoms with E-state index in [1.165, 1.54) is 6.26 Å². The minimum absolute atomic E-state index is 0. The Morgan fingerprint density at radius 1 is 1.03 bits per heavy atom. The lowest BCUT2D eigenvalue weighted by Gasteiger charge is -2.14. The van der Waals surface area contributed by atoms with Crippen molar-refractivity contribution >= 4 is 47.2 Å². The van der Waals surface area contributed by atoms with Gasteiger partial charge in [0.15, 0.2) is 11.7 Å². The molecule has 0 aliphatic carbocycles. The second-order valence-electron chi connectivity index (χ2n) is 6.48. The third kappa shape index (κ3) is 7.19. The topological polar surface area (TPSA) is 111 Å². The highest BCUT2D eigenvalue weighted by atomic mass is 127. The standard InChI is InChI=1S/C23H26N4O4.HI/c1-3-29-18-11-12-20(30-4-2)19(14-18)27-23(24)25-15-16-7-9-17(10-8-16)26-22(28)21-6-5-13-31-21;/h5-14H,3-4,15H2,1-2H3,(H,26,28)(H3,24,25,27);1H. The summed E-state index contributed by atoms with van der Waals surface area (Å²) < 4.78 is 16.3. The van der Waals surface area contributed by atoms with E-state index in [9.17, 15) is 4.79 Å². The second-order valence-corrected chi connectivity index (χ2v) is 6.48. The van der Waals surface area contributed by atoms with E-state index in [4.69, 9.17) is 19.6 Å². The van der Waals surface area contributed by atoms with E-state index in [2.05, 4.69) is 15.6 Å². The van der Waals surface area contributed by atoms with E-state index in [0.29, 0.717) is 42.6 Å². The number of amides is 1. The Hall–Kier alpha value is -3.21. The molecule has 0 saturated carbocycles. The van der Waals surface area contributed by atoms with Crippen molar-refractivity contribution in [1.29, 1.82) is 0 Å². The van der Waals surface area contributed by atoms with Crippen LogP contribution in [-0.4, -0.2) is 25.1 Å². The number of hydrogen-bond donors (Lipinski definition) is 3. The van der Waals surface area contributed by atoms with Crippen LogP contribution in [0.4, 0.5) is 11.4 Å². The predicted molar refractivity (Wildman–Crippen MR) is 136 cm³/mol. The van der Waals surface area contributed by atoms with Crippen molar-refractivity contribution in [1.82, 2.24) is 0 Å². The van der Waals surface area contributed by atoms with Crippen molar-refractivity contribution in [2.75, 3.05) is 23.8 Å². The molecule has 9 heteroatoms. The first-order valence-electron chi connectivity index (χ1n) is 9.99. The van der Waals surface area contributed by atoms with Crippen LogP contribution in [0.15, 0.2) is 70.3 Å². The molecule has 0 unspecified atom stereocenters. The van der Waals surface area contributed by atoms with Crippen LogP contribution in [0.3, 0.4) is 0 Å². The number of rotatable bonds is 9. The van der Waals surface area contributed by atoms with Crippen molar-refractivity contribution in [3.05, 3.63) is 72.2 Å². The molecule has 170 valence electrons. The van der Waals surface area contributed by atoms with E-state index in [-0.39, 0.29) is 41.6 Å². The predicted octanol–water partition coefficient (Wildman–Crippen LogP) is 4.87. The normalized spacial score (nSPS) is 10.8. The monoisotopic (exact) mass is 550 g/mol. The van der Waals surface area contributed by atoms with Crippen LogP contribution < -0.4 is 25.8 Å². The highest BCUT2D eigenvalue weighted by molar-refractivity contribution is 14.0. The molecule has 4 N–H and O–H groups in total. The molecule has 0 radical (unpaired) electrons. The molecule has 2 aromatic carbocycles. The average molecular weight is 550 g/mol. The molecule has 1 amide bonds. The zero-order chi connectivity index (χ0) is 22.1. The molecule has 32 heavy (non-hydrogen) atoms. The zero-order valence-electron chi connectivity index (χ0n) is 18.0. The molecule has 1 aromatic heterocycles. The van der Waals surface area contributed by atoms with Crippen LogP contribution in [0.1, 0.15) is 30.0 Å². The first kappa shape index (κ1) is 25.1. The average Bonchev–Trinajstić information content (AvgIpc) is 3.31. The molecule has 0 bridgehead atoms. The number of carbonyl (C=O) groups excluding carboxylic acids is 1. The lowest BCUT2D eigenvalue weighted by molar-refractivity contribution is 0.0996. The molecular formula is C23H27IN4O4. The number of halogens is 1. The molecule has 3 aromatic rings. The summed E-state index contributed by atoms with van der Waals surface area (Å²) in [4.78, 5) is 16.4. The summed E-state index contributed by atoms with van der Waals surface area (Å²) in [7, 11) is 0. The van der Waals surface area contributed by atoms with Crippen LogP contribution in [-0.2, 0) is 6.54 Å². The summed E-state index contributed by atoms with van der Waals surface area (Å²) in [6.07, 6.45) is 1.46. The molecule has 0 fully saturated rings. The van der Waals surface area contributed by atoms with Gasteiger partial charge in [0.1, 0.15) is 11.5 Å². The Morgan fingerprint density at radius 2 is 1.78 bits per heavy atom. The summed E-state index contributed by atoms with van der Waals surface area (Å²) in [5, 5.41) is 5.84. The maximum atomic E-state index is 12.0. The Balaban J connectivity index is 0.00000363. The minimum atomic E-state index is -0.302. The molecule has 0 aliphatic heterocycles. The lowest BCUT2D eigenvalue weighted by Crippen LogP contribution is -2.23. The van der Waals surface area contributed by atoms with Crippen molar-refractivity contribution in [2.45, 2.75) is 20.4 Å². The number of benzene rings is 2. The van der Waals surface area contributed by atoms with Crippen molar-refractivity contribution in [3.8, 4) is 11.5 Å². The van der Waals surface area contributed by atoms with Crippen molar-refractivity contribution in [2.24, 2.45) is 10.7 Å². The third-order valence-corrected chi connectivity index (χ3v) is 4.21. The highest BCUT2D eigenvalue weighted by Crippen LogP contribution is 2.29. The smallest absolute Gasteiger partial charge is 0.291 e. The highest BCUT2D eigenvalue weighted by Gasteiger charge is 2.09. The largest absolute Gasteiger partial charge is 0.494 e. The van der Waals surface area contributed by atoms with E-state index >= 15 is 0 Å². The molecule has 0 atom stereocenters. The van der Waals surface area contributed by atoms with Gasteiger partial charge in [0.2, 0.25) is 0 Å². The van der Waals surface area contributed by atoms with Gasteiger partial charge >= 0.3 is 0 Å². The fourth-order valence-corrected chi connectivity index (χ4v) is 2.79. The summed E-state index contributed by atoms with van der Waals surface area (Å²) >= 11 is 0. The number of ether oxygens (including phenoxy) is 2. The summed E-state index contributed by atoms with van der Waals surface area (Å²) in [6.45, 7) is 5.31. The number of furan rings is 1. The number of anilines is 2. The number of guanidine groups is 1. The SMILES string of the molecule is CCOc1ccc(OCC)c(NC(N)=NCc2ccc(NC(=O)c3ccco3)cc2)c1.I. The minimum Gasteiger partial charge on any atom is -0.494 e. The van der Waals surface area contributed by atoms with Crippen LogP contribution in [0, 0.1) is 0 Å². The van der Waals surface area contributed by atoms with Gasteiger partial charge in [-0.3, -0.25) is 4.79 Å². The quantitative estimate of drug-likeness (QED) is 0.199. The van der Waals surface area contributed by atoms with Gasteiger partial charge in [-0.2, -0.15) is 0 Å². The van der Waals surface area contributed by atoms with Gasteiger partial charge in [0.05, 0.1) is 31.7 Å². The van der Waals surface area contributed by atoms with Gasteiger partial charge < -0.3 is 30.3 Å². The van der Waals surface area contributed by atoms with Gasteiger partial charge in [0.25, 0.3) is 5.91 Å². The van der Waals surface area contributed by atoms with Crippen molar-refractivity contribution in [3.63, 3.8) is 0 Å². The summed E-state index contributed by atoms with van der Waals surface area (Å²) in [5.41, 5.74) is 8.35. The molecule has 3 rings (SSSR count). The number of nitrogens with two attached hydrogens (primary N) is 1. The van der Waals surface area contributed by atoms with Gasteiger partial charge in [-0.05, 0) is 55.8 Å². The fraction of sp³-hybridized carbons (Fsp3) is 0.217. The molecular weight excluding hydrogens is 523 g/mol. The Kier molecular flexibility index (Phi) is 9.86. The Morgan fingerprint density at radius 3 is 2.44 bits per heavy atom. The summed E-state index contributed by atoms with van der Waals surface area (Å²) in [5.74, 6) is 1.59. The van der Waals surface area contributed by atoms with E-state index in [1.54, 1.807) is 24.3 Å². The number of aliphatic imine (C=N–C) groups is 1. The number of nitrogens with one attached hydrogen (secondary N) is 2. The second kappa shape index (κ2) is 12.6. The van der Waals surface area contributed by atoms with Crippen LogP contribution in [0.25, 0.3) is 0 Å². The van der Waals surface area contributed by atoms with E-state index in [1.807, 2.05) is 44.2 Å². The maximum Gasteiger partial charge on any atom is 0.291 e. The van der Waals surface area contributed by atoms with Crippen LogP contribution >= 0.6 is 24.0 Å². The number of hydrogen-bond acceptors (Lipinski definition) is 5. The first-order chi connectivity index (χ1) is 15.1. The summed E-state index contributed by atoms with van der Waals surface area (Å²) in [6, 6.07) is 16.1. The Labute approximate surface area is 204 Å². The third-order valence-electron chi connectivity index (χ3n) is 4.21. The van der Waals surface area contributed by atoms with E-state index in [0.717, 1.165) is 5.56 Å². The van der Waals surface area contributed by atoms with E-state index < -0.39 is 0 Å². The first-order valence-corrected chi connectivity index (χ1v) is 9.99. The lowest BCUT2D eigenvalue weighted by atomic mass is 10.2. The molecule has 0 aliphatic rings. The number of nitrogens with zero attached hydrogens (tertiary/aromatic N) is 1. The van der Waals surface area contributed by atoms with Gasteiger partial charge in [0, 0.05) is 11.8 Å². The maximum absolute atomic E-state index is 12.0. The zero-order valence-corrected chi connectivity index (χ0v) is 20.3. The molecule has 1 heterocycles. The molecule has 0 saturated heterocycles. The van der Waals surface area contributed by atoms with Crippen molar-refractivity contribution < 1.29 is 18.7 Å². The molecule has 8 nitrogen and oxygen atoms in total. The van der Waals surface area contributed by atoms with Gasteiger partial charge in [-0.1, -0.05) is 12.1 Å². The van der Waals surface area contributed by atoms with Crippen LogP contribution in [0.5, 0.6) is 11.5 Å².